The second kappa shape index (κ2) is 12.0. The number of hydrogen-bond donors (Lipinski definition) is 5. The Morgan fingerprint density at radius 1 is 1.13 bits per heavy atom. The van der Waals surface area contributed by atoms with Crippen molar-refractivity contribution in [1.29, 1.82) is 0 Å². The van der Waals surface area contributed by atoms with E-state index in [0.717, 1.165) is 38.1 Å². The molecule has 11 heteroatoms. The minimum atomic E-state index is -4.42. The van der Waals surface area contributed by atoms with Crippen LogP contribution in [0.5, 0.6) is 5.75 Å². The van der Waals surface area contributed by atoms with E-state index in [1.54, 1.807) is 18.2 Å². The van der Waals surface area contributed by atoms with Crippen molar-refractivity contribution in [2.24, 2.45) is 0 Å². The predicted molar refractivity (Wildman–Crippen MR) is 137 cm³/mol. The maximum absolute atomic E-state index is 12.8. The average Bonchev–Trinajstić information content (AvgIpc) is 2.90. The predicted octanol–water partition coefficient (Wildman–Crippen LogP) is 3.05. The third-order valence-corrected chi connectivity index (χ3v) is 6.85. The number of aliphatic hydroxyl groups excluding tert-OH is 1. The SMILES string of the molecule is O=C(CCN1CCC(NCC(O)c2ccc(O)c3[nH]c(=O)ccc23)CC1)NCc1cccc(C(F)(F)F)c1. The van der Waals surface area contributed by atoms with Crippen molar-refractivity contribution in [3.05, 3.63) is 75.6 Å². The number of phenolic OH excluding ortho intramolecular Hbond substituents is 1. The Kier molecular flexibility index (Phi) is 8.70. The van der Waals surface area contributed by atoms with Gasteiger partial charge in [0.1, 0.15) is 5.75 Å². The van der Waals surface area contributed by atoms with E-state index in [-0.39, 0.29) is 36.2 Å². The molecule has 0 aliphatic carbocycles. The summed E-state index contributed by atoms with van der Waals surface area (Å²) in [5, 5.41) is 27.4. The van der Waals surface area contributed by atoms with E-state index in [4.69, 9.17) is 0 Å². The zero-order valence-corrected chi connectivity index (χ0v) is 20.7. The van der Waals surface area contributed by atoms with Gasteiger partial charge in [-0.05, 0) is 61.3 Å². The van der Waals surface area contributed by atoms with Crippen LogP contribution in [0.25, 0.3) is 10.9 Å². The number of aromatic nitrogens is 1. The van der Waals surface area contributed by atoms with Crippen molar-refractivity contribution in [1.82, 2.24) is 20.5 Å². The van der Waals surface area contributed by atoms with Crippen LogP contribution in [0.1, 0.15) is 42.1 Å². The minimum Gasteiger partial charge on any atom is -0.506 e. The lowest BCUT2D eigenvalue weighted by atomic mass is 10.0. The summed E-state index contributed by atoms with van der Waals surface area (Å²) in [6.07, 6.45) is -3.32. The monoisotopic (exact) mass is 532 g/mol. The Morgan fingerprint density at radius 2 is 1.89 bits per heavy atom. The lowest BCUT2D eigenvalue weighted by Gasteiger charge is -2.32. The Balaban J connectivity index is 1.18. The first-order valence-electron chi connectivity index (χ1n) is 12.5. The summed E-state index contributed by atoms with van der Waals surface area (Å²) in [6.45, 7) is 2.46. The molecule has 3 aromatic rings. The highest BCUT2D eigenvalue weighted by Crippen LogP contribution is 2.30. The summed E-state index contributed by atoms with van der Waals surface area (Å²) in [5.74, 6) is -0.272. The van der Waals surface area contributed by atoms with Gasteiger partial charge in [0.05, 0.1) is 17.2 Å². The van der Waals surface area contributed by atoms with Gasteiger partial charge >= 0.3 is 6.18 Å². The zero-order valence-electron chi connectivity index (χ0n) is 20.7. The molecule has 1 aliphatic heterocycles. The molecule has 0 saturated carbocycles. The molecule has 1 atom stereocenters. The molecule has 0 spiro atoms. The maximum Gasteiger partial charge on any atom is 0.416 e. The number of phenols is 1. The van der Waals surface area contributed by atoms with Crippen LogP contribution in [0.3, 0.4) is 0 Å². The molecule has 2 heterocycles. The van der Waals surface area contributed by atoms with Gasteiger partial charge in [-0.3, -0.25) is 9.59 Å². The molecular formula is C27H31F3N4O4. The van der Waals surface area contributed by atoms with Crippen LogP contribution in [-0.2, 0) is 17.5 Å². The van der Waals surface area contributed by atoms with E-state index in [1.165, 1.54) is 18.2 Å². The summed E-state index contributed by atoms with van der Waals surface area (Å²) in [5.41, 5.74) is 0.228. The second-order valence-corrected chi connectivity index (χ2v) is 9.55. The third kappa shape index (κ3) is 7.12. The number of aromatic amines is 1. The first-order chi connectivity index (χ1) is 18.1. The molecule has 0 radical (unpaired) electrons. The molecule has 1 saturated heterocycles. The van der Waals surface area contributed by atoms with E-state index >= 15 is 0 Å². The molecule has 1 unspecified atom stereocenters. The molecule has 2 aromatic carbocycles. The number of rotatable bonds is 9. The summed E-state index contributed by atoms with van der Waals surface area (Å²) in [4.78, 5) is 28.6. The standard InChI is InChI=1S/C27H31F3N4O4/c28-27(29,30)18-3-1-2-17(14-18)15-32-24(37)10-13-34-11-8-19(9-12-34)31-16-23(36)20-4-6-22(35)26-21(20)5-7-25(38)33-26/h1-7,14,19,23,31,35-36H,8-13,15-16H2,(H,32,37)(H,33,38). The van der Waals surface area contributed by atoms with Crippen LogP contribution in [-0.4, -0.2) is 58.2 Å². The van der Waals surface area contributed by atoms with Crippen LogP contribution in [0.4, 0.5) is 13.2 Å². The number of likely N-dealkylation sites (tertiary alicyclic amines) is 1. The van der Waals surface area contributed by atoms with Crippen molar-refractivity contribution >= 4 is 16.8 Å². The normalized spacial score (nSPS) is 16.0. The van der Waals surface area contributed by atoms with Gasteiger partial charge < -0.3 is 30.7 Å². The van der Waals surface area contributed by atoms with Gasteiger partial charge in [-0.25, -0.2) is 0 Å². The Morgan fingerprint density at radius 3 is 2.63 bits per heavy atom. The smallest absolute Gasteiger partial charge is 0.416 e. The summed E-state index contributed by atoms with van der Waals surface area (Å²) >= 11 is 0. The lowest BCUT2D eigenvalue weighted by Crippen LogP contribution is -2.44. The van der Waals surface area contributed by atoms with Gasteiger partial charge in [-0.15, -0.1) is 0 Å². The topological polar surface area (TPSA) is 118 Å². The summed E-state index contributed by atoms with van der Waals surface area (Å²) in [6, 6.07) is 11.1. The molecule has 1 amide bonds. The van der Waals surface area contributed by atoms with E-state index in [2.05, 4.69) is 20.5 Å². The van der Waals surface area contributed by atoms with Crippen LogP contribution < -0.4 is 16.2 Å². The number of hydrogen-bond acceptors (Lipinski definition) is 6. The number of piperidine rings is 1. The molecule has 1 fully saturated rings. The Labute approximate surface area is 217 Å². The fourth-order valence-electron chi connectivity index (χ4n) is 4.70. The molecule has 1 aromatic heterocycles. The number of aliphatic hydroxyl groups is 1. The number of nitrogens with zero attached hydrogens (tertiary/aromatic N) is 1. The summed E-state index contributed by atoms with van der Waals surface area (Å²) < 4.78 is 38.5. The first kappa shape index (κ1) is 27.6. The fourth-order valence-corrected chi connectivity index (χ4v) is 4.70. The number of alkyl halides is 3. The van der Waals surface area contributed by atoms with E-state index in [0.29, 0.717) is 35.1 Å². The number of amides is 1. The van der Waals surface area contributed by atoms with Gasteiger partial charge in [-0.2, -0.15) is 13.2 Å². The number of benzene rings is 2. The Hall–Kier alpha value is -3.41. The highest BCUT2D eigenvalue weighted by atomic mass is 19.4. The zero-order chi connectivity index (χ0) is 27.3. The van der Waals surface area contributed by atoms with Crippen molar-refractivity contribution in [2.45, 2.75) is 44.1 Å². The number of carbonyl (C=O) groups is 1. The fraction of sp³-hybridized carbons (Fsp3) is 0.407. The van der Waals surface area contributed by atoms with Crippen LogP contribution in [0, 0.1) is 0 Å². The molecule has 8 nitrogen and oxygen atoms in total. The van der Waals surface area contributed by atoms with Crippen LogP contribution >= 0.6 is 0 Å². The number of aromatic hydroxyl groups is 1. The lowest BCUT2D eigenvalue weighted by molar-refractivity contribution is -0.137. The molecule has 38 heavy (non-hydrogen) atoms. The highest BCUT2D eigenvalue weighted by molar-refractivity contribution is 5.87. The molecule has 0 bridgehead atoms. The number of nitrogens with one attached hydrogen (secondary N) is 3. The average molecular weight is 533 g/mol. The van der Waals surface area contributed by atoms with E-state index in [9.17, 15) is 33.0 Å². The Bertz CT molecular complexity index is 1320. The number of halogens is 3. The van der Waals surface area contributed by atoms with Gasteiger partial charge in [-0.1, -0.05) is 18.2 Å². The van der Waals surface area contributed by atoms with Crippen molar-refractivity contribution in [3.8, 4) is 5.75 Å². The quantitative estimate of drug-likeness (QED) is 0.289. The molecule has 1 aliphatic rings. The number of fused-ring (bicyclic) bond motifs is 1. The third-order valence-electron chi connectivity index (χ3n) is 6.85. The van der Waals surface area contributed by atoms with Crippen molar-refractivity contribution in [2.75, 3.05) is 26.2 Å². The summed E-state index contributed by atoms with van der Waals surface area (Å²) in [7, 11) is 0. The van der Waals surface area contributed by atoms with Crippen LogP contribution in [0.2, 0.25) is 0 Å². The molecule has 5 N–H and O–H groups in total. The largest absolute Gasteiger partial charge is 0.506 e. The maximum atomic E-state index is 12.8. The number of H-pyrrole nitrogens is 1. The van der Waals surface area contributed by atoms with Crippen molar-refractivity contribution < 1.29 is 28.2 Å². The van der Waals surface area contributed by atoms with Gasteiger partial charge in [0.25, 0.3) is 0 Å². The highest BCUT2D eigenvalue weighted by Gasteiger charge is 2.30. The van der Waals surface area contributed by atoms with E-state index in [1.807, 2.05) is 0 Å². The van der Waals surface area contributed by atoms with Gasteiger partial charge in [0, 0.05) is 43.5 Å². The number of carbonyl (C=O) groups excluding carboxylic acids is 1. The van der Waals surface area contributed by atoms with Gasteiger partial charge in [0.15, 0.2) is 0 Å². The first-order valence-corrected chi connectivity index (χ1v) is 12.5. The molecule has 4 rings (SSSR count). The minimum absolute atomic E-state index is 0.0451. The van der Waals surface area contributed by atoms with Gasteiger partial charge in [0.2, 0.25) is 11.5 Å². The number of pyridine rings is 1. The van der Waals surface area contributed by atoms with Crippen LogP contribution in [0.15, 0.2) is 53.3 Å². The van der Waals surface area contributed by atoms with Crippen molar-refractivity contribution in [3.63, 3.8) is 0 Å². The van der Waals surface area contributed by atoms with E-state index < -0.39 is 17.8 Å². The second-order valence-electron chi connectivity index (χ2n) is 9.55. The molecule has 204 valence electrons. The molecular weight excluding hydrogens is 501 g/mol.